The van der Waals surface area contributed by atoms with E-state index >= 15 is 0 Å². The van der Waals surface area contributed by atoms with Gasteiger partial charge in [-0.25, -0.2) is 10.2 Å². The van der Waals surface area contributed by atoms with E-state index in [1.54, 1.807) is 12.1 Å². The zero-order chi connectivity index (χ0) is 19.5. The molecule has 27 heavy (non-hydrogen) atoms. The summed E-state index contributed by atoms with van der Waals surface area (Å²) >= 11 is 6.28. The standard InChI is InChI=1S/C19H21ClN2O5/c1-24-17-12-14(13-21-22-19(23)25-2)11-16(20)18(17)27-10-6-9-26-15-7-4-3-5-8-15/h3-5,7-8,11-13H,6,9-10H2,1-2H3,(H,22,23)/b21-13-. The number of methoxy groups -OCH3 is 2. The number of rotatable bonds is 9. The first-order valence-corrected chi connectivity index (χ1v) is 8.57. The van der Waals surface area contributed by atoms with Gasteiger partial charge in [0.25, 0.3) is 0 Å². The van der Waals surface area contributed by atoms with Crippen molar-refractivity contribution in [1.29, 1.82) is 0 Å². The molecule has 0 aliphatic rings. The van der Waals surface area contributed by atoms with Gasteiger partial charge in [-0.05, 0) is 29.8 Å². The molecule has 0 radical (unpaired) electrons. The van der Waals surface area contributed by atoms with Crippen LogP contribution in [-0.2, 0) is 4.74 Å². The van der Waals surface area contributed by atoms with E-state index in [-0.39, 0.29) is 0 Å². The molecule has 2 aromatic rings. The Kier molecular flexibility index (Phi) is 8.25. The first-order valence-electron chi connectivity index (χ1n) is 8.19. The topological polar surface area (TPSA) is 78.4 Å². The van der Waals surface area contributed by atoms with Crippen molar-refractivity contribution in [2.24, 2.45) is 5.10 Å². The van der Waals surface area contributed by atoms with Gasteiger partial charge in [0.05, 0.1) is 38.7 Å². The molecule has 144 valence electrons. The fourth-order valence-corrected chi connectivity index (χ4v) is 2.37. The highest BCUT2D eigenvalue weighted by atomic mass is 35.5. The maximum atomic E-state index is 11.0. The molecule has 0 spiro atoms. The van der Waals surface area contributed by atoms with Crippen LogP contribution in [0.4, 0.5) is 4.79 Å². The van der Waals surface area contributed by atoms with Crippen LogP contribution in [0.25, 0.3) is 0 Å². The van der Waals surface area contributed by atoms with Gasteiger partial charge >= 0.3 is 6.09 Å². The van der Waals surface area contributed by atoms with Crippen LogP contribution in [0.5, 0.6) is 17.2 Å². The molecular weight excluding hydrogens is 372 g/mol. The molecule has 0 aliphatic carbocycles. The third-order valence-electron chi connectivity index (χ3n) is 3.35. The van der Waals surface area contributed by atoms with Crippen molar-refractivity contribution in [3.63, 3.8) is 0 Å². The van der Waals surface area contributed by atoms with E-state index in [0.717, 1.165) is 5.75 Å². The zero-order valence-corrected chi connectivity index (χ0v) is 15.9. The normalized spacial score (nSPS) is 10.5. The van der Waals surface area contributed by atoms with Crippen LogP contribution in [0.2, 0.25) is 5.02 Å². The number of hydrogen-bond donors (Lipinski definition) is 1. The lowest BCUT2D eigenvalue weighted by atomic mass is 10.2. The number of benzene rings is 2. The molecule has 1 N–H and O–H groups in total. The van der Waals surface area contributed by atoms with Gasteiger partial charge in [0.2, 0.25) is 0 Å². The first-order chi connectivity index (χ1) is 13.1. The summed E-state index contributed by atoms with van der Waals surface area (Å²) in [6.45, 7) is 0.939. The van der Waals surface area contributed by atoms with E-state index in [9.17, 15) is 4.79 Å². The number of carbonyl (C=O) groups excluding carboxylic acids is 1. The summed E-state index contributed by atoms with van der Waals surface area (Å²) in [4.78, 5) is 11.0. The minimum atomic E-state index is -0.665. The number of nitrogens with one attached hydrogen (secondary N) is 1. The summed E-state index contributed by atoms with van der Waals surface area (Å²) in [5.41, 5.74) is 2.83. The van der Waals surface area contributed by atoms with Gasteiger partial charge < -0.3 is 18.9 Å². The highest BCUT2D eigenvalue weighted by Gasteiger charge is 2.11. The molecular formula is C19H21ClN2O5. The van der Waals surface area contributed by atoms with Gasteiger partial charge in [0.15, 0.2) is 11.5 Å². The number of halogens is 1. The summed E-state index contributed by atoms with van der Waals surface area (Å²) in [7, 11) is 2.77. The molecule has 0 unspecified atom stereocenters. The van der Waals surface area contributed by atoms with E-state index in [1.165, 1.54) is 20.4 Å². The lowest BCUT2D eigenvalue weighted by Crippen LogP contribution is -2.16. The second kappa shape index (κ2) is 10.9. The Labute approximate surface area is 162 Å². The lowest BCUT2D eigenvalue weighted by molar-refractivity contribution is 0.171. The number of hydrogen-bond acceptors (Lipinski definition) is 6. The van der Waals surface area contributed by atoms with E-state index in [1.807, 2.05) is 30.3 Å². The largest absolute Gasteiger partial charge is 0.493 e. The molecule has 0 atom stereocenters. The van der Waals surface area contributed by atoms with Crippen LogP contribution < -0.4 is 19.6 Å². The zero-order valence-electron chi connectivity index (χ0n) is 15.1. The van der Waals surface area contributed by atoms with Crippen LogP contribution in [0, 0.1) is 0 Å². The van der Waals surface area contributed by atoms with Crippen molar-refractivity contribution < 1.29 is 23.7 Å². The third-order valence-corrected chi connectivity index (χ3v) is 3.63. The maximum Gasteiger partial charge on any atom is 0.427 e. The molecule has 2 aromatic carbocycles. The molecule has 0 saturated heterocycles. The van der Waals surface area contributed by atoms with Gasteiger partial charge in [-0.1, -0.05) is 29.8 Å². The number of hydrazone groups is 1. The summed E-state index contributed by atoms with van der Waals surface area (Å²) in [6.07, 6.45) is 1.44. The molecule has 1 amide bonds. The molecule has 0 heterocycles. The van der Waals surface area contributed by atoms with Crippen LogP contribution in [0.1, 0.15) is 12.0 Å². The number of amides is 1. The molecule has 7 nitrogen and oxygen atoms in total. The Morgan fingerprint density at radius 3 is 2.59 bits per heavy atom. The quantitative estimate of drug-likeness (QED) is 0.398. The number of nitrogens with zero attached hydrogens (tertiary/aromatic N) is 1. The molecule has 0 saturated carbocycles. The van der Waals surface area contributed by atoms with Crippen molar-refractivity contribution in [1.82, 2.24) is 5.43 Å². The second-order valence-electron chi connectivity index (χ2n) is 5.26. The molecule has 0 fully saturated rings. The number of ether oxygens (including phenoxy) is 4. The van der Waals surface area contributed by atoms with E-state index in [0.29, 0.717) is 41.7 Å². The van der Waals surface area contributed by atoms with Crippen LogP contribution in [-0.4, -0.2) is 39.7 Å². The Bertz CT molecular complexity index is 768. The van der Waals surface area contributed by atoms with Crippen molar-refractivity contribution in [3.8, 4) is 17.2 Å². The lowest BCUT2D eigenvalue weighted by Gasteiger charge is -2.13. The number of carbonyl (C=O) groups is 1. The fourth-order valence-electron chi connectivity index (χ4n) is 2.10. The minimum Gasteiger partial charge on any atom is -0.493 e. The fraction of sp³-hybridized carbons (Fsp3) is 0.263. The maximum absolute atomic E-state index is 11.0. The molecule has 0 aliphatic heterocycles. The Morgan fingerprint density at radius 2 is 1.89 bits per heavy atom. The average Bonchev–Trinajstić information content (AvgIpc) is 2.69. The highest BCUT2D eigenvalue weighted by molar-refractivity contribution is 6.32. The van der Waals surface area contributed by atoms with Gasteiger partial charge in [-0.15, -0.1) is 0 Å². The van der Waals surface area contributed by atoms with Crippen molar-refractivity contribution >= 4 is 23.9 Å². The minimum absolute atomic E-state index is 0.373. The van der Waals surface area contributed by atoms with Crippen molar-refractivity contribution in [3.05, 3.63) is 53.1 Å². The Morgan fingerprint density at radius 1 is 1.15 bits per heavy atom. The highest BCUT2D eigenvalue weighted by Crippen LogP contribution is 2.36. The van der Waals surface area contributed by atoms with Crippen LogP contribution in [0.3, 0.4) is 0 Å². The Hall–Kier alpha value is -2.93. The van der Waals surface area contributed by atoms with Crippen LogP contribution >= 0.6 is 11.6 Å². The summed E-state index contributed by atoms with van der Waals surface area (Å²) in [5, 5.41) is 4.13. The van der Waals surface area contributed by atoms with Gasteiger partial charge in [0, 0.05) is 6.42 Å². The first kappa shape index (κ1) is 20.4. The summed E-state index contributed by atoms with van der Waals surface area (Å²) in [5.74, 6) is 1.72. The third kappa shape index (κ3) is 6.71. The Balaban J connectivity index is 1.89. The predicted octanol–water partition coefficient (Wildman–Crippen LogP) is 3.89. The van der Waals surface area contributed by atoms with E-state index < -0.39 is 6.09 Å². The second-order valence-corrected chi connectivity index (χ2v) is 5.67. The summed E-state index contributed by atoms with van der Waals surface area (Å²) < 4.78 is 21.1. The predicted molar refractivity (Wildman–Crippen MR) is 103 cm³/mol. The van der Waals surface area contributed by atoms with Gasteiger partial charge in [0.1, 0.15) is 5.75 Å². The molecule has 0 bridgehead atoms. The van der Waals surface area contributed by atoms with Crippen molar-refractivity contribution in [2.45, 2.75) is 6.42 Å². The molecule has 2 rings (SSSR count). The van der Waals surface area contributed by atoms with E-state index in [4.69, 9.17) is 25.8 Å². The van der Waals surface area contributed by atoms with Crippen molar-refractivity contribution in [2.75, 3.05) is 27.4 Å². The van der Waals surface area contributed by atoms with E-state index in [2.05, 4.69) is 15.3 Å². The molecule has 0 aromatic heterocycles. The number of para-hydroxylation sites is 1. The SMILES string of the molecule is COC(=O)N/N=C\c1cc(Cl)c(OCCCOc2ccccc2)c(OC)c1. The van der Waals surface area contributed by atoms with Gasteiger partial charge in [-0.3, -0.25) is 0 Å². The smallest absolute Gasteiger partial charge is 0.427 e. The summed E-state index contributed by atoms with van der Waals surface area (Å²) in [6, 6.07) is 12.9. The van der Waals surface area contributed by atoms with Crippen LogP contribution in [0.15, 0.2) is 47.6 Å². The monoisotopic (exact) mass is 392 g/mol. The average molecular weight is 393 g/mol. The molecule has 8 heteroatoms. The van der Waals surface area contributed by atoms with Gasteiger partial charge in [-0.2, -0.15) is 5.10 Å².